The van der Waals surface area contributed by atoms with Crippen LogP contribution in [0.1, 0.15) is 56.9 Å². The van der Waals surface area contributed by atoms with E-state index < -0.39 is 0 Å². The van der Waals surface area contributed by atoms with Gasteiger partial charge in [0.15, 0.2) is 11.5 Å². The summed E-state index contributed by atoms with van der Waals surface area (Å²) in [7, 11) is 0. The summed E-state index contributed by atoms with van der Waals surface area (Å²) >= 11 is 0. The standard InChI is InChI=1S/C25H38N2O4/c28-25(6-2-1-5-20-9-13-29-14-10-20)26-22(19-27-11-3-4-12-27)17-21-7-8-23-24(18-21)31-16-15-30-23/h7-8,18,20,22H,1-6,9-17,19H2,(H,26,28)/t22-/m0/s1. The first kappa shape index (κ1) is 22.4. The van der Waals surface area contributed by atoms with Crippen molar-refractivity contribution >= 4 is 5.91 Å². The molecule has 3 heterocycles. The number of hydrogen-bond donors (Lipinski definition) is 1. The van der Waals surface area contributed by atoms with Crippen LogP contribution in [-0.2, 0) is 16.0 Å². The number of carbonyl (C=O) groups excluding carboxylic acids is 1. The number of amides is 1. The predicted molar refractivity (Wildman–Crippen MR) is 121 cm³/mol. The second-order valence-corrected chi connectivity index (χ2v) is 9.26. The van der Waals surface area contributed by atoms with Crippen LogP contribution in [-0.4, -0.2) is 62.9 Å². The molecule has 6 heteroatoms. The van der Waals surface area contributed by atoms with E-state index in [4.69, 9.17) is 14.2 Å². The number of hydrogen-bond acceptors (Lipinski definition) is 5. The maximum absolute atomic E-state index is 12.7. The van der Waals surface area contributed by atoms with Crippen LogP contribution in [0.4, 0.5) is 0 Å². The van der Waals surface area contributed by atoms with E-state index in [0.29, 0.717) is 19.6 Å². The van der Waals surface area contributed by atoms with E-state index in [1.54, 1.807) is 0 Å². The van der Waals surface area contributed by atoms with Gasteiger partial charge in [-0.2, -0.15) is 0 Å². The van der Waals surface area contributed by atoms with Crippen LogP contribution in [0.3, 0.4) is 0 Å². The van der Waals surface area contributed by atoms with Gasteiger partial charge < -0.3 is 24.4 Å². The summed E-state index contributed by atoms with van der Waals surface area (Å²) < 4.78 is 16.8. The topological polar surface area (TPSA) is 60.0 Å². The van der Waals surface area contributed by atoms with E-state index in [0.717, 1.165) is 69.5 Å². The zero-order chi connectivity index (χ0) is 21.3. The van der Waals surface area contributed by atoms with Crippen molar-refractivity contribution in [2.24, 2.45) is 5.92 Å². The molecular formula is C25H38N2O4. The number of unbranched alkanes of at least 4 members (excludes halogenated alkanes) is 1. The Morgan fingerprint density at radius 3 is 2.61 bits per heavy atom. The first-order valence-electron chi connectivity index (χ1n) is 12.2. The summed E-state index contributed by atoms with van der Waals surface area (Å²) in [6.45, 7) is 6.21. The number of fused-ring (bicyclic) bond motifs is 1. The molecule has 3 aliphatic rings. The quantitative estimate of drug-likeness (QED) is 0.575. The van der Waals surface area contributed by atoms with Gasteiger partial charge in [0.1, 0.15) is 13.2 Å². The minimum absolute atomic E-state index is 0.128. The lowest BCUT2D eigenvalue weighted by Crippen LogP contribution is -2.44. The van der Waals surface area contributed by atoms with Gasteiger partial charge in [-0.25, -0.2) is 0 Å². The highest BCUT2D eigenvalue weighted by Gasteiger charge is 2.21. The van der Waals surface area contributed by atoms with Crippen molar-refractivity contribution in [3.05, 3.63) is 23.8 Å². The molecule has 172 valence electrons. The number of benzene rings is 1. The molecule has 0 aliphatic carbocycles. The fourth-order valence-corrected chi connectivity index (χ4v) is 4.99. The van der Waals surface area contributed by atoms with Gasteiger partial charge in [0.05, 0.1) is 0 Å². The van der Waals surface area contributed by atoms with Gasteiger partial charge in [-0.1, -0.05) is 18.9 Å². The van der Waals surface area contributed by atoms with E-state index in [1.807, 2.05) is 6.07 Å². The van der Waals surface area contributed by atoms with Crippen LogP contribution in [0.2, 0.25) is 0 Å². The highest BCUT2D eigenvalue weighted by Crippen LogP contribution is 2.31. The monoisotopic (exact) mass is 430 g/mol. The van der Waals surface area contributed by atoms with Crippen molar-refractivity contribution in [3.8, 4) is 11.5 Å². The van der Waals surface area contributed by atoms with Crippen LogP contribution in [0.25, 0.3) is 0 Å². The molecule has 0 spiro atoms. The molecule has 1 aromatic rings. The smallest absolute Gasteiger partial charge is 0.220 e. The van der Waals surface area contributed by atoms with E-state index in [9.17, 15) is 4.79 Å². The van der Waals surface area contributed by atoms with Crippen molar-refractivity contribution in [1.29, 1.82) is 0 Å². The number of nitrogens with one attached hydrogen (secondary N) is 1. The fraction of sp³-hybridized carbons (Fsp3) is 0.720. The Morgan fingerprint density at radius 1 is 1.03 bits per heavy atom. The Labute approximate surface area is 186 Å². The predicted octanol–water partition coefficient (Wildman–Crippen LogP) is 3.57. The summed E-state index contributed by atoms with van der Waals surface area (Å²) in [5.41, 5.74) is 1.19. The van der Waals surface area contributed by atoms with Crippen molar-refractivity contribution in [2.75, 3.05) is 46.1 Å². The fourth-order valence-electron chi connectivity index (χ4n) is 4.99. The summed E-state index contributed by atoms with van der Waals surface area (Å²) in [5.74, 6) is 2.62. The molecule has 4 rings (SSSR count). The van der Waals surface area contributed by atoms with Crippen LogP contribution >= 0.6 is 0 Å². The average Bonchev–Trinajstić information content (AvgIpc) is 3.30. The minimum atomic E-state index is 0.128. The molecule has 0 saturated carbocycles. The van der Waals surface area contributed by atoms with E-state index in [1.165, 1.54) is 37.7 Å². The Hall–Kier alpha value is -1.79. The third-order valence-corrected chi connectivity index (χ3v) is 6.74. The van der Waals surface area contributed by atoms with E-state index in [2.05, 4.69) is 22.3 Å². The van der Waals surface area contributed by atoms with Crippen LogP contribution < -0.4 is 14.8 Å². The largest absolute Gasteiger partial charge is 0.486 e. The second kappa shape index (κ2) is 11.7. The molecule has 0 aromatic heterocycles. The van der Waals surface area contributed by atoms with Crippen molar-refractivity contribution in [2.45, 2.75) is 63.8 Å². The normalized spacial score (nSPS) is 20.5. The lowest BCUT2D eigenvalue weighted by molar-refractivity contribution is -0.122. The summed E-state index contributed by atoms with van der Waals surface area (Å²) in [6, 6.07) is 6.30. The summed E-state index contributed by atoms with van der Waals surface area (Å²) in [5, 5.41) is 3.34. The second-order valence-electron chi connectivity index (χ2n) is 9.26. The molecule has 1 N–H and O–H groups in total. The number of likely N-dealkylation sites (tertiary alicyclic amines) is 1. The number of ether oxygens (including phenoxy) is 3. The zero-order valence-corrected chi connectivity index (χ0v) is 18.8. The maximum Gasteiger partial charge on any atom is 0.220 e. The maximum atomic E-state index is 12.7. The van der Waals surface area contributed by atoms with Gasteiger partial charge in [-0.05, 0) is 75.2 Å². The number of nitrogens with zero attached hydrogens (tertiary/aromatic N) is 1. The van der Waals surface area contributed by atoms with Gasteiger partial charge in [0.25, 0.3) is 0 Å². The first-order valence-corrected chi connectivity index (χ1v) is 12.2. The molecule has 0 bridgehead atoms. The number of rotatable bonds is 10. The highest BCUT2D eigenvalue weighted by molar-refractivity contribution is 5.76. The van der Waals surface area contributed by atoms with E-state index >= 15 is 0 Å². The van der Waals surface area contributed by atoms with Crippen LogP contribution in [0, 0.1) is 5.92 Å². The minimum Gasteiger partial charge on any atom is -0.486 e. The zero-order valence-electron chi connectivity index (χ0n) is 18.8. The molecule has 1 aromatic carbocycles. The summed E-state index contributed by atoms with van der Waals surface area (Å²) in [4.78, 5) is 15.2. The molecule has 31 heavy (non-hydrogen) atoms. The number of carbonyl (C=O) groups is 1. The third kappa shape index (κ3) is 7.11. The molecular weight excluding hydrogens is 392 g/mol. The molecule has 3 aliphatic heterocycles. The van der Waals surface area contributed by atoms with Gasteiger partial charge in [0, 0.05) is 32.2 Å². The molecule has 6 nitrogen and oxygen atoms in total. The van der Waals surface area contributed by atoms with Crippen LogP contribution in [0.15, 0.2) is 18.2 Å². The lowest BCUT2D eigenvalue weighted by Gasteiger charge is -2.26. The van der Waals surface area contributed by atoms with Gasteiger partial charge in [0.2, 0.25) is 5.91 Å². The molecule has 2 saturated heterocycles. The van der Waals surface area contributed by atoms with Crippen molar-refractivity contribution < 1.29 is 19.0 Å². The molecule has 1 atom stereocenters. The third-order valence-electron chi connectivity index (χ3n) is 6.74. The SMILES string of the molecule is O=C(CCCCC1CCOCC1)N[C@@H](Cc1ccc2c(c1)OCCO2)CN1CCCC1. The molecule has 2 fully saturated rings. The van der Waals surface area contributed by atoms with Crippen molar-refractivity contribution in [1.82, 2.24) is 10.2 Å². The molecule has 0 radical (unpaired) electrons. The van der Waals surface area contributed by atoms with Crippen molar-refractivity contribution in [3.63, 3.8) is 0 Å². The van der Waals surface area contributed by atoms with Crippen LogP contribution in [0.5, 0.6) is 11.5 Å². The molecule has 0 unspecified atom stereocenters. The lowest BCUT2D eigenvalue weighted by atomic mass is 9.94. The Morgan fingerprint density at radius 2 is 1.81 bits per heavy atom. The highest BCUT2D eigenvalue weighted by atomic mass is 16.6. The Balaban J connectivity index is 1.26. The Bertz CT molecular complexity index is 699. The summed E-state index contributed by atoms with van der Waals surface area (Å²) in [6.07, 6.45) is 9.67. The van der Waals surface area contributed by atoms with Gasteiger partial charge in [-0.3, -0.25) is 4.79 Å². The van der Waals surface area contributed by atoms with Gasteiger partial charge in [-0.15, -0.1) is 0 Å². The molecule has 1 amide bonds. The average molecular weight is 431 g/mol. The van der Waals surface area contributed by atoms with Gasteiger partial charge >= 0.3 is 0 Å². The Kier molecular flexibility index (Phi) is 8.47. The van der Waals surface area contributed by atoms with E-state index in [-0.39, 0.29) is 11.9 Å². The first-order chi connectivity index (χ1) is 15.3.